The van der Waals surface area contributed by atoms with Crippen LogP contribution in [0.15, 0.2) is 22.7 Å². The third-order valence-electron chi connectivity index (χ3n) is 4.53. The first kappa shape index (κ1) is 19.1. The minimum absolute atomic E-state index is 0.178. The molecule has 1 atom stereocenters. The van der Waals surface area contributed by atoms with Gasteiger partial charge in [0.05, 0.1) is 5.69 Å². The Morgan fingerprint density at radius 1 is 1.21 bits per heavy atom. The molecule has 1 aromatic carbocycles. The van der Waals surface area contributed by atoms with Crippen LogP contribution in [0, 0.1) is 0 Å². The number of Topliss-reactive ketones (excluding diaryl/α,β-unsaturated/α-hetero) is 1. The Morgan fingerprint density at radius 3 is 2.54 bits per heavy atom. The van der Waals surface area contributed by atoms with E-state index in [0.717, 1.165) is 23.0 Å². The molecular weight excluding hydrogens is 370 g/mol. The van der Waals surface area contributed by atoms with Crippen molar-refractivity contribution in [3.63, 3.8) is 0 Å². The van der Waals surface area contributed by atoms with Crippen LogP contribution in [0.3, 0.4) is 0 Å². The molecule has 4 nitrogen and oxygen atoms in total. The zero-order chi connectivity index (χ0) is 17.7. The molecule has 0 bridgehead atoms. The van der Waals surface area contributed by atoms with Crippen LogP contribution in [0.25, 0.3) is 0 Å². The molecule has 1 N–H and O–H groups in total. The van der Waals surface area contributed by atoms with E-state index < -0.39 is 5.60 Å². The lowest BCUT2D eigenvalue weighted by atomic mass is 9.90. The Bertz CT molecular complexity index is 617. The Morgan fingerprint density at radius 2 is 1.88 bits per heavy atom. The molecule has 0 saturated carbocycles. The maximum atomic E-state index is 12.8. The highest BCUT2D eigenvalue weighted by molar-refractivity contribution is 9.10. The summed E-state index contributed by atoms with van der Waals surface area (Å²) in [6.45, 7) is 4.17. The van der Waals surface area contributed by atoms with E-state index in [2.05, 4.69) is 22.9 Å². The molecule has 24 heavy (non-hydrogen) atoms. The van der Waals surface area contributed by atoms with Gasteiger partial charge in [0.15, 0.2) is 5.60 Å². The molecule has 0 aromatic heterocycles. The van der Waals surface area contributed by atoms with E-state index in [1.807, 2.05) is 12.1 Å². The van der Waals surface area contributed by atoms with Crippen molar-refractivity contribution < 1.29 is 14.7 Å². The third kappa shape index (κ3) is 4.06. The molecule has 0 spiro atoms. The van der Waals surface area contributed by atoms with Gasteiger partial charge in [0, 0.05) is 23.0 Å². The highest BCUT2D eigenvalue weighted by Gasteiger charge is 2.50. The highest BCUT2D eigenvalue weighted by Crippen LogP contribution is 2.43. The number of halogens is 1. The van der Waals surface area contributed by atoms with E-state index in [-0.39, 0.29) is 18.1 Å². The number of hydrogen-bond donors (Lipinski definition) is 1. The summed E-state index contributed by atoms with van der Waals surface area (Å²) in [7, 11) is 0. The maximum absolute atomic E-state index is 12.8. The summed E-state index contributed by atoms with van der Waals surface area (Å²) >= 11 is 3.38. The van der Waals surface area contributed by atoms with Crippen LogP contribution in [0.2, 0.25) is 0 Å². The molecular formula is C19H26BrNO3. The van der Waals surface area contributed by atoms with Crippen LogP contribution < -0.4 is 4.90 Å². The van der Waals surface area contributed by atoms with Gasteiger partial charge in [-0.05, 0) is 31.5 Å². The zero-order valence-corrected chi connectivity index (χ0v) is 16.1. The van der Waals surface area contributed by atoms with Gasteiger partial charge in [-0.25, -0.2) is 0 Å². The fourth-order valence-corrected chi connectivity index (χ4v) is 3.69. The molecule has 5 heteroatoms. The molecule has 2 rings (SSSR count). The SMILES string of the molecule is CCCCCCCCN1C(=O)C(O)(CC(C)=O)c2cc(Br)ccc21. The third-order valence-corrected chi connectivity index (χ3v) is 5.03. The second-order valence-corrected chi connectivity index (χ2v) is 7.54. The molecule has 0 saturated heterocycles. The summed E-state index contributed by atoms with van der Waals surface area (Å²) in [4.78, 5) is 26.0. The van der Waals surface area contributed by atoms with Gasteiger partial charge in [0.2, 0.25) is 0 Å². The van der Waals surface area contributed by atoms with Gasteiger partial charge >= 0.3 is 0 Å². The predicted octanol–water partition coefficient (Wildman–Crippen LogP) is 4.32. The minimum atomic E-state index is -1.73. The van der Waals surface area contributed by atoms with Gasteiger partial charge < -0.3 is 10.0 Å². The Labute approximate surface area is 152 Å². The largest absolute Gasteiger partial charge is 0.375 e. The molecule has 0 aliphatic carbocycles. The van der Waals surface area contributed by atoms with Crippen molar-refractivity contribution in [2.24, 2.45) is 0 Å². The number of benzene rings is 1. The van der Waals surface area contributed by atoms with E-state index in [9.17, 15) is 14.7 Å². The summed E-state index contributed by atoms with van der Waals surface area (Å²) < 4.78 is 0.789. The first-order valence-corrected chi connectivity index (χ1v) is 9.53. The summed E-state index contributed by atoms with van der Waals surface area (Å²) in [5.41, 5.74) is -0.476. The Balaban J connectivity index is 2.13. The highest BCUT2D eigenvalue weighted by atomic mass is 79.9. The predicted molar refractivity (Wildman–Crippen MR) is 99.1 cm³/mol. The number of unbranched alkanes of at least 4 members (excludes halogenated alkanes) is 5. The molecule has 132 valence electrons. The van der Waals surface area contributed by atoms with Gasteiger partial charge in [-0.15, -0.1) is 0 Å². The molecule has 0 fully saturated rings. The fourth-order valence-electron chi connectivity index (χ4n) is 3.33. The first-order valence-electron chi connectivity index (χ1n) is 8.74. The number of aliphatic hydroxyl groups is 1. The lowest BCUT2D eigenvalue weighted by molar-refractivity contribution is -0.141. The number of carbonyl (C=O) groups excluding carboxylic acids is 2. The second kappa shape index (κ2) is 8.26. The standard InChI is InChI=1S/C19H26BrNO3/c1-3-4-5-6-7-8-11-21-17-10-9-15(20)12-16(17)19(24,18(21)23)13-14(2)22/h9-10,12,24H,3-8,11,13H2,1-2H3. The molecule has 1 amide bonds. The average molecular weight is 396 g/mol. The van der Waals surface area contributed by atoms with Crippen LogP contribution in [0.4, 0.5) is 5.69 Å². The molecule has 1 aliphatic heterocycles. The lowest BCUT2D eigenvalue weighted by Crippen LogP contribution is -2.41. The fraction of sp³-hybridized carbons (Fsp3) is 0.579. The number of rotatable bonds is 9. The van der Waals surface area contributed by atoms with Crippen molar-refractivity contribution >= 4 is 33.3 Å². The number of fused-ring (bicyclic) bond motifs is 1. The minimum Gasteiger partial charge on any atom is -0.375 e. The molecule has 1 aromatic rings. The van der Waals surface area contributed by atoms with Crippen LogP contribution in [-0.4, -0.2) is 23.3 Å². The van der Waals surface area contributed by atoms with Crippen molar-refractivity contribution in [1.82, 2.24) is 0 Å². The van der Waals surface area contributed by atoms with Gasteiger partial charge in [0.1, 0.15) is 5.78 Å². The Hall–Kier alpha value is -1.20. The molecule has 1 aliphatic rings. The normalized spacial score (nSPS) is 19.7. The van der Waals surface area contributed by atoms with Gasteiger partial charge in [-0.2, -0.15) is 0 Å². The van der Waals surface area contributed by atoms with Crippen molar-refractivity contribution in [3.8, 4) is 0 Å². The van der Waals surface area contributed by atoms with Crippen molar-refractivity contribution in [3.05, 3.63) is 28.2 Å². The van der Waals surface area contributed by atoms with Crippen molar-refractivity contribution in [1.29, 1.82) is 0 Å². The smallest absolute Gasteiger partial charge is 0.264 e. The van der Waals surface area contributed by atoms with Gasteiger partial charge in [-0.1, -0.05) is 55.0 Å². The number of nitrogens with zero attached hydrogens (tertiary/aromatic N) is 1. The van der Waals surface area contributed by atoms with Crippen molar-refractivity contribution in [2.75, 3.05) is 11.4 Å². The second-order valence-electron chi connectivity index (χ2n) is 6.63. The van der Waals surface area contributed by atoms with E-state index in [1.54, 1.807) is 11.0 Å². The number of amides is 1. The van der Waals surface area contributed by atoms with E-state index in [1.165, 1.54) is 32.6 Å². The van der Waals surface area contributed by atoms with Crippen LogP contribution in [0.1, 0.15) is 64.4 Å². The quantitative estimate of drug-likeness (QED) is 0.633. The van der Waals surface area contributed by atoms with Crippen LogP contribution in [-0.2, 0) is 15.2 Å². The number of carbonyl (C=O) groups is 2. The molecule has 1 heterocycles. The summed E-state index contributed by atoms with van der Waals surface area (Å²) in [6.07, 6.45) is 6.65. The molecule has 0 radical (unpaired) electrons. The van der Waals surface area contributed by atoms with E-state index >= 15 is 0 Å². The van der Waals surface area contributed by atoms with Gasteiger partial charge in [-0.3, -0.25) is 9.59 Å². The molecule has 1 unspecified atom stereocenters. The summed E-state index contributed by atoms with van der Waals surface area (Å²) in [5, 5.41) is 10.9. The lowest BCUT2D eigenvalue weighted by Gasteiger charge is -2.22. The summed E-state index contributed by atoms with van der Waals surface area (Å²) in [5.74, 6) is -0.572. The first-order chi connectivity index (χ1) is 11.4. The number of ketones is 1. The van der Waals surface area contributed by atoms with Crippen molar-refractivity contribution in [2.45, 2.75) is 64.4 Å². The average Bonchev–Trinajstić information content (AvgIpc) is 2.71. The van der Waals surface area contributed by atoms with Crippen LogP contribution >= 0.6 is 15.9 Å². The zero-order valence-electron chi connectivity index (χ0n) is 14.5. The Kier molecular flexibility index (Phi) is 6.58. The van der Waals surface area contributed by atoms with E-state index in [4.69, 9.17) is 0 Å². The van der Waals surface area contributed by atoms with Gasteiger partial charge in [0.25, 0.3) is 5.91 Å². The number of anilines is 1. The topological polar surface area (TPSA) is 57.6 Å². The van der Waals surface area contributed by atoms with E-state index in [0.29, 0.717) is 12.1 Å². The monoisotopic (exact) mass is 395 g/mol. The van der Waals surface area contributed by atoms with Crippen LogP contribution in [0.5, 0.6) is 0 Å². The maximum Gasteiger partial charge on any atom is 0.264 e. The number of hydrogen-bond acceptors (Lipinski definition) is 3. The summed E-state index contributed by atoms with van der Waals surface area (Å²) in [6, 6.07) is 5.45.